The quantitative estimate of drug-likeness (QED) is 0.302. The third-order valence-corrected chi connectivity index (χ3v) is 2.85. The third kappa shape index (κ3) is 2.94. The Hall–Kier alpha value is -1.11. The number of nitrogens with two attached hydrogens (primary N) is 1. The fourth-order valence-corrected chi connectivity index (χ4v) is 1.88. The van der Waals surface area contributed by atoms with Crippen molar-refractivity contribution in [1.82, 2.24) is 5.43 Å². The van der Waals surface area contributed by atoms with Crippen molar-refractivity contribution in [1.29, 1.82) is 0 Å². The molecule has 4 N–H and O–H groups in total. The molecule has 6 heteroatoms. The fourth-order valence-electron chi connectivity index (χ4n) is 1.31. The first-order chi connectivity index (χ1) is 7.76. The molecule has 0 aromatic heterocycles. The van der Waals surface area contributed by atoms with Gasteiger partial charge in [-0.05, 0) is 12.3 Å². The van der Waals surface area contributed by atoms with E-state index >= 15 is 0 Å². The van der Waals surface area contributed by atoms with Gasteiger partial charge in [0.25, 0.3) is 0 Å². The molecule has 1 aromatic rings. The number of hydrogen-bond acceptors (Lipinski definition) is 6. The smallest absolute Gasteiger partial charge is 0.143 e. The predicted molar refractivity (Wildman–Crippen MR) is 67.1 cm³/mol. The molecule has 0 aliphatic carbocycles. The number of rotatable bonds is 6. The molecule has 0 fully saturated rings. The molecule has 0 atom stereocenters. The van der Waals surface area contributed by atoms with E-state index in [-0.39, 0.29) is 0 Å². The molecule has 5 nitrogen and oxygen atoms in total. The molecule has 1 aromatic carbocycles. The van der Waals surface area contributed by atoms with Gasteiger partial charge in [-0.25, -0.2) is 5.43 Å². The molecule has 0 aliphatic rings. The van der Waals surface area contributed by atoms with Crippen LogP contribution in [0.4, 0.5) is 5.69 Å². The van der Waals surface area contributed by atoms with Crippen LogP contribution in [-0.4, -0.2) is 27.1 Å². The topological polar surface area (TPSA) is 68.5 Å². The van der Waals surface area contributed by atoms with Crippen molar-refractivity contribution >= 4 is 17.4 Å². The van der Waals surface area contributed by atoms with Crippen molar-refractivity contribution in [2.45, 2.75) is 4.90 Å². The van der Waals surface area contributed by atoms with Crippen LogP contribution in [0.3, 0.4) is 0 Å². The second kappa shape index (κ2) is 6.47. The number of hydrogen-bond donors (Lipinski definition) is 3. The van der Waals surface area contributed by atoms with Crippen LogP contribution in [0.15, 0.2) is 17.0 Å². The first-order valence-corrected chi connectivity index (χ1v) is 5.96. The molecule has 0 saturated heterocycles. The molecular formula is C10H17N3O2S. The van der Waals surface area contributed by atoms with Gasteiger partial charge >= 0.3 is 0 Å². The largest absolute Gasteiger partial charge is 0.496 e. The van der Waals surface area contributed by atoms with E-state index in [4.69, 9.17) is 15.3 Å². The van der Waals surface area contributed by atoms with Gasteiger partial charge in [-0.3, -0.25) is 5.84 Å². The van der Waals surface area contributed by atoms with Crippen LogP contribution in [0, 0.1) is 0 Å². The van der Waals surface area contributed by atoms with Crippen molar-refractivity contribution in [2.24, 2.45) is 5.84 Å². The lowest BCUT2D eigenvalue weighted by atomic mass is 10.2. The Morgan fingerprint density at radius 3 is 2.44 bits per heavy atom. The van der Waals surface area contributed by atoms with Gasteiger partial charge in [0.1, 0.15) is 11.5 Å². The second-order valence-electron chi connectivity index (χ2n) is 2.97. The van der Waals surface area contributed by atoms with Crippen LogP contribution in [0.1, 0.15) is 0 Å². The van der Waals surface area contributed by atoms with Gasteiger partial charge < -0.3 is 14.8 Å². The van der Waals surface area contributed by atoms with E-state index in [1.165, 1.54) is 0 Å². The summed E-state index contributed by atoms with van der Waals surface area (Å²) in [5, 5.41) is 3.09. The zero-order chi connectivity index (χ0) is 12.0. The Morgan fingerprint density at radius 1 is 1.25 bits per heavy atom. The standard InChI is InChI=1S/C10H17N3O2S/c1-14-8-5-10(16-3)9(15-2)4-7(8)12-6-13-11/h4-5,12-13H,6,11H2,1-3H3. The van der Waals surface area contributed by atoms with Gasteiger partial charge in [0.2, 0.25) is 0 Å². The van der Waals surface area contributed by atoms with E-state index in [1.807, 2.05) is 18.4 Å². The van der Waals surface area contributed by atoms with E-state index in [9.17, 15) is 0 Å². The van der Waals surface area contributed by atoms with Crippen molar-refractivity contribution in [3.05, 3.63) is 12.1 Å². The summed E-state index contributed by atoms with van der Waals surface area (Å²) in [6.07, 6.45) is 1.99. The first-order valence-electron chi connectivity index (χ1n) is 4.74. The first kappa shape index (κ1) is 13.0. The number of nitrogens with one attached hydrogen (secondary N) is 2. The number of anilines is 1. The van der Waals surface area contributed by atoms with Gasteiger partial charge in [-0.2, -0.15) is 0 Å². The Balaban J connectivity index is 3.05. The average Bonchev–Trinajstić information content (AvgIpc) is 2.35. The van der Waals surface area contributed by atoms with Crippen LogP contribution in [0.5, 0.6) is 11.5 Å². The highest BCUT2D eigenvalue weighted by Gasteiger charge is 2.09. The molecule has 0 aliphatic heterocycles. The van der Waals surface area contributed by atoms with Crippen molar-refractivity contribution in [2.75, 3.05) is 32.5 Å². The highest BCUT2D eigenvalue weighted by molar-refractivity contribution is 7.98. The molecule has 90 valence electrons. The van der Waals surface area contributed by atoms with Gasteiger partial charge in [-0.15, -0.1) is 11.8 Å². The van der Waals surface area contributed by atoms with E-state index in [2.05, 4.69) is 10.7 Å². The lowest BCUT2D eigenvalue weighted by molar-refractivity contribution is 0.395. The minimum atomic E-state index is 0.456. The monoisotopic (exact) mass is 243 g/mol. The van der Waals surface area contributed by atoms with Crippen LogP contribution in [0.2, 0.25) is 0 Å². The maximum atomic E-state index is 5.29. The molecule has 0 radical (unpaired) electrons. The van der Waals surface area contributed by atoms with Crippen molar-refractivity contribution in [3.8, 4) is 11.5 Å². The Bertz CT molecular complexity index is 347. The Morgan fingerprint density at radius 2 is 1.94 bits per heavy atom. The zero-order valence-electron chi connectivity index (χ0n) is 9.66. The van der Waals surface area contributed by atoms with Gasteiger partial charge in [0.15, 0.2) is 0 Å². The van der Waals surface area contributed by atoms with Crippen molar-refractivity contribution < 1.29 is 9.47 Å². The summed E-state index contributed by atoms with van der Waals surface area (Å²) in [4.78, 5) is 1.03. The summed E-state index contributed by atoms with van der Waals surface area (Å²) in [6.45, 7) is 0.456. The molecule has 0 saturated carbocycles. The second-order valence-corrected chi connectivity index (χ2v) is 3.81. The Kier molecular flexibility index (Phi) is 5.24. The molecule has 0 spiro atoms. The maximum Gasteiger partial charge on any atom is 0.143 e. The lowest BCUT2D eigenvalue weighted by Gasteiger charge is -2.14. The molecule has 0 unspecified atom stereocenters. The predicted octanol–water partition coefficient (Wildman–Crippen LogP) is 1.26. The van der Waals surface area contributed by atoms with E-state index in [0.29, 0.717) is 6.67 Å². The van der Waals surface area contributed by atoms with Crippen LogP contribution in [-0.2, 0) is 0 Å². The third-order valence-electron chi connectivity index (χ3n) is 2.09. The van der Waals surface area contributed by atoms with E-state index in [1.54, 1.807) is 26.0 Å². The Labute approximate surface area is 99.7 Å². The highest BCUT2D eigenvalue weighted by Crippen LogP contribution is 2.37. The van der Waals surface area contributed by atoms with Crippen LogP contribution < -0.4 is 26.1 Å². The number of thioether (sulfide) groups is 1. The summed E-state index contributed by atoms with van der Waals surface area (Å²) in [6, 6.07) is 3.82. The summed E-state index contributed by atoms with van der Waals surface area (Å²) >= 11 is 1.61. The minimum Gasteiger partial charge on any atom is -0.496 e. The van der Waals surface area contributed by atoms with Crippen molar-refractivity contribution in [3.63, 3.8) is 0 Å². The van der Waals surface area contributed by atoms with Gasteiger partial charge in [0.05, 0.1) is 31.5 Å². The number of benzene rings is 1. The minimum absolute atomic E-state index is 0.456. The number of hydrazine groups is 1. The number of ether oxygens (including phenoxy) is 2. The highest BCUT2D eigenvalue weighted by atomic mass is 32.2. The maximum absolute atomic E-state index is 5.29. The lowest BCUT2D eigenvalue weighted by Crippen LogP contribution is -2.28. The summed E-state index contributed by atoms with van der Waals surface area (Å²) < 4.78 is 10.6. The molecule has 16 heavy (non-hydrogen) atoms. The summed E-state index contributed by atoms with van der Waals surface area (Å²) in [7, 11) is 3.28. The molecule has 1 rings (SSSR count). The number of methoxy groups -OCH3 is 2. The van der Waals surface area contributed by atoms with Gasteiger partial charge in [-0.1, -0.05) is 0 Å². The van der Waals surface area contributed by atoms with E-state index < -0.39 is 0 Å². The summed E-state index contributed by atoms with van der Waals surface area (Å²) in [5.41, 5.74) is 3.36. The van der Waals surface area contributed by atoms with E-state index in [0.717, 1.165) is 22.1 Å². The molecule has 0 amide bonds. The SMILES string of the molecule is COc1cc(SC)c(OC)cc1NCNN. The van der Waals surface area contributed by atoms with Gasteiger partial charge in [0, 0.05) is 6.07 Å². The summed E-state index contributed by atoms with van der Waals surface area (Å²) in [5.74, 6) is 6.78. The fraction of sp³-hybridized carbons (Fsp3) is 0.400. The molecule has 0 bridgehead atoms. The van der Waals surface area contributed by atoms with Crippen LogP contribution >= 0.6 is 11.8 Å². The average molecular weight is 243 g/mol. The molecule has 0 heterocycles. The molecular weight excluding hydrogens is 226 g/mol. The normalized spacial score (nSPS) is 10.0. The van der Waals surface area contributed by atoms with Crippen LogP contribution in [0.25, 0.3) is 0 Å². The zero-order valence-corrected chi connectivity index (χ0v) is 10.5.